The highest BCUT2D eigenvalue weighted by atomic mass is 32.2. The lowest BCUT2D eigenvalue weighted by atomic mass is 10.2. The lowest BCUT2D eigenvalue weighted by molar-refractivity contribution is 0.133. The lowest BCUT2D eigenvalue weighted by Crippen LogP contribution is -2.46. The minimum Gasteiger partial charge on any atom is -0.300 e. The zero-order valence-corrected chi connectivity index (χ0v) is 13.8. The van der Waals surface area contributed by atoms with Crippen LogP contribution in [0.1, 0.15) is 5.56 Å². The second kappa shape index (κ2) is 8.37. The molecule has 0 saturated carbocycles. The SMILES string of the molecule is c1ccc(CN2CCN(CCSc3ccccc3)CC2)cc1. The topological polar surface area (TPSA) is 6.48 Å². The molecule has 2 aromatic rings. The Bertz CT molecular complexity index is 536. The Kier molecular flexibility index (Phi) is 5.94. The molecule has 2 aromatic carbocycles. The minimum absolute atomic E-state index is 1.09. The van der Waals surface area contributed by atoms with Gasteiger partial charge in [-0.25, -0.2) is 0 Å². The highest BCUT2D eigenvalue weighted by Crippen LogP contribution is 2.17. The first kappa shape index (κ1) is 15.6. The summed E-state index contributed by atoms with van der Waals surface area (Å²) in [5, 5.41) is 0. The molecule has 0 bridgehead atoms. The molecule has 3 heteroatoms. The maximum absolute atomic E-state index is 2.59. The highest BCUT2D eigenvalue weighted by Gasteiger charge is 2.16. The molecule has 0 aliphatic carbocycles. The fraction of sp³-hybridized carbons (Fsp3) is 0.368. The van der Waals surface area contributed by atoms with Crippen molar-refractivity contribution in [2.45, 2.75) is 11.4 Å². The summed E-state index contributed by atoms with van der Waals surface area (Å²) in [6.07, 6.45) is 0. The van der Waals surface area contributed by atoms with E-state index in [0.29, 0.717) is 0 Å². The van der Waals surface area contributed by atoms with Gasteiger partial charge in [0.15, 0.2) is 0 Å². The van der Waals surface area contributed by atoms with Crippen LogP contribution in [0.25, 0.3) is 0 Å². The van der Waals surface area contributed by atoms with Crippen molar-refractivity contribution in [3.63, 3.8) is 0 Å². The summed E-state index contributed by atoms with van der Waals surface area (Å²) < 4.78 is 0. The van der Waals surface area contributed by atoms with E-state index >= 15 is 0 Å². The third kappa shape index (κ3) is 4.87. The molecule has 22 heavy (non-hydrogen) atoms. The van der Waals surface area contributed by atoms with Gasteiger partial charge in [-0.3, -0.25) is 9.80 Å². The average molecular weight is 312 g/mol. The van der Waals surface area contributed by atoms with Gasteiger partial charge in [-0.05, 0) is 17.7 Å². The van der Waals surface area contributed by atoms with Crippen LogP contribution in [0.2, 0.25) is 0 Å². The van der Waals surface area contributed by atoms with Crippen LogP contribution in [-0.4, -0.2) is 48.3 Å². The van der Waals surface area contributed by atoms with Crippen LogP contribution < -0.4 is 0 Å². The minimum atomic E-state index is 1.09. The second-order valence-electron chi connectivity index (χ2n) is 5.76. The summed E-state index contributed by atoms with van der Waals surface area (Å²) in [5.74, 6) is 1.18. The van der Waals surface area contributed by atoms with Gasteiger partial charge in [0.2, 0.25) is 0 Å². The standard InChI is InChI=1S/C19H24N2S/c1-3-7-18(8-4-1)17-21-13-11-20(12-14-21)15-16-22-19-9-5-2-6-10-19/h1-10H,11-17H2. The molecule has 0 N–H and O–H groups in total. The molecule has 0 amide bonds. The first-order valence-electron chi connectivity index (χ1n) is 8.07. The molecule has 1 aliphatic heterocycles. The third-order valence-electron chi connectivity index (χ3n) is 4.13. The van der Waals surface area contributed by atoms with Crippen LogP contribution in [0.5, 0.6) is 0 Å². The normalized spacial score (nSPS) is 16.7. The zero-order valence-electron chi connectivity index (χ0n) is 13.0. The largest absolute Gasteiger partial charge is 0.300 e. The summed E-state index contributed by atoms with van der Waals surface area (Å²) in [7, 11) is 0. The molecule has 3 rings (SSSR count). The van der Waals surface area contributed by atoms with Gasteiger partial charge >= 0.3 is 0 Å². The second-order valence-corrected chi connectivity index (χ2v) is 6.93. The molecule has 1 fully saturated rings. The van der Waals surface area contributed by atoms with E-state index in [1.165, 1.54) is 48.9 Å². The van der Waals surface area contributed by atoms with E-state index in [4.69, 9.17) is 0 Å². The average Bonchev–Trinajstić information content (AvgIpc) is 2.58. The molecule has 0 unspecified atom stereocenters. The summed E-state index contributed by atoms with van der Waals surface area (Å²) in [5.41, 5.74) is 1.43. The van der Waals surface area contributed by atoms with Crippen molar-refractivity contribution in [1.82, 2.24) is 9.80 Å². The number of hydrogen-bond donors (Lipinski definition) is 0. The molecular formula is C19H24N2S. The monoisotopic (exact) mass is 312 g/mol. The number of benzene rings is 2. The molecule has 0 spiro atoms. The number of rotatable bonds is 6. The van der Waals surface area contributed by atoms with Crippen molar-refractivity contribution in [3.05, 3.63) is 66.2 Å². The van der Waals surface area contributed by atoms with Crippen LogP contribution in [0.4, 0.5) is 0 Å². The van der Waals surface area contributed by atoms with Crippen molar-refractivity contribution < 1.29 is 0 Å². The van der Waals surface area contributed by atoms with Crippen molar-refractivity contribution in [3.8, 4) is 0 Å². The Labute approximate surface area is 138 Å². The predicted molar refractivity (Wildman–Crippen MR) is 95.3 cm³/mol. The number of thioether (sulfide) groups is 1. The van der Waals surface area contributed by atoms with Gasteiger partial charge in [-0.1, -0.05) is 48.5 Å². The Balaban J connectivity index is 1.35. The zero-order chi connectivity index (χ0) is 15.0. The van der Waals surface area contributed by atoms with Gasteiger partial charge in [-0.15, -0.1) is 11.8 Å². The van der Waals surface area contributed by atoms with Gasteiger partial charge in [0.1, 0.15) is 0 Å². The molecule has 0 radical (unpaired) electrons. The van der Waals surface area contributed by atoms with Crippen LogP contribution >= 0.6 is 11.8 Å². The first-order chi connectivity index (χ1) is 10.9. The Hall–Kier alpha value is -1.29. The molecular weight excluding hydrogens is 288 g/mol. The Morgan fingerprint density at radius 3 is 2.00 bits per heavy atom. The van der Waals surface area contributed by atoms with Gasteiger partial charge < -0.3 is 0 Å². The number of piperazine rings is 1. The van der Waals surface area contributed by atoms with E-state index in [1.807, 2.05) is 11.8 Å². The molecule has 0 aromatic heterocycles. The lowest BCUT2D eigenvalue weighted by Gasteiger charge is -2.34. The summed E-state index contributed by atoms with van der Waals surface area (Å²) in [6.45, 7) is 7.05. The molecule has 116 valence electrons. The van der Waals surface area contributed by atoms with E-state index in [0.717, 1.165) is 6.54 Å². The predicted octanol–water partition coefficient (Wildman–Crippen LogP) is 3.60. The van der Waals surface area contributed by atoms with Crippen molar-refractivity contribution >= 4 is 11.8 Å². The smallest absolute Gasteiger partial charge is 0.0234 e. The molecule has 1 aliphatic rings. The number of nitrogens with zero attached hydrogens (tertiary/aromatic N) is 2. The van der Waals surface area contributed by atoms with E-state index in [-0.39, 0.29) is 0 Å². The van der Waals surface area contributed by atoms with E-state index < -0.39 is 0 Å². The molecule has 2 nitrogen and oxygen atoms in total. The van der Waals surface area contributed by atoms with Gasteiger partial charge in [0.05, 0.1) is 0 Å². The first-order valence-corrected chi connectivity index (χ1v) is 9.05. The molecule has 0 atom stereocenters. The third-order valence-corrected chi connectivity index (χ3v) is 5.13. The Morgan fingerprint density at radius 2 is 1.32 bits per heavy atom. The summed E-state index contributed by atoms with van der Waals surface area (Å²) in [4.78, 5) is 6.54. The van der Waals surface area contributed by atoms with Crippen molar-refractivity contribution in [2.75, 3.05) is 38.5 Å². The fourth-order valence-corrected chi connectivity index (χ4v) is 3.76. The quantitative estimate of drug-likeness (QED) is 0.753. The van der Waals surface area contributed by atoms with Crippen LogP contribution in [0, 0.1) is 0 Å². The molecule has 1 heterocycles. The van der Waals surface area contributed by atoms with Gasteiger partial charge in [0, 0.05) is 49.9 Å². The van der Waals surface area contributed by atoms with Crippen molar-refractivity contribution in [1.29, 1.82) is 0 Å². The van der Waals surface area contributed by atoms with Crippen LogP contribution in [0.15, 0.2) is 65.6 Å². The highest BCUT2D eigenvalue weighted by molar-refractivity contribution is 7.99. The Morgan fingerprint density at radius 1 is 0.727 bits per heavy atom. The van der Waals surface area contributed by atoms with Gasteiger partial charge in [0.25, 0.3) is 0 Å². The van der Waals surface area contributed by atoms with E-state index in [2.05, 4.69) is 70.5 Å². The van der Waals surface area contributed by atoms with Crippen LogP contribution in [0.3, 0.4) is 0 Å². The molecule has 1 saturated heterocycles. The van der Waals surface area contributed by atoms with Gasteiger partial charge in [-0.2, -0.15) is 0 Å². The maximum Gasteiger partial charge on any atom is 0.0234 e. The number of hydrogen-bond acceptors (Lipinski definition) is 3. The maximum atomic E-state index is 2.59. The van der Waals surface area contributed by atoms with E-state index in [1.54, 1.807) is 0 Å². The summed E-state index contributed by atoms with van der Waals surface area (Å²) >= 11 is 1.96. The van der Waals surface area contributed by atoms with Crippen molar-refractivity contribution in [2.24, 2.45) is 0 Å². The fourth-order valence-electron chi connectivity index (χ4n) is 2.82. The summed E-state index contributed by atoms with van der Waals surface area (Å²) in [6, 6.07) is 21.5. The van der Waals surface area contributed by atoms with E-state index in [9.17, 15) is 0 Å². The van der Waals surface area contributed by atoms with Crippen LogP contribution in [-0.2, 0) is 6.54 Å².